The van der Waals surface area contributed by atoms with Gasteiger partial charge in [0.05, 0.1) is 16.1 Å². The Kier molecular flexibility index (Phi) is 4.21. The number of aryl methyl sites for hydroxylation is 2. The minimum absolute atomic E-state index is 0.581. The number of nitrogens with zero attached hydrogens (tertiary/aromatic N) is 1. The molecule has 0 bridgehead atoms. The van der Waals surface area contributed by atoms with E-state index in [4.69, 9.17) is 10.00 Å². The molecule has 4 heteroatoms. The number of carbonyl (C=O) groups excluding carboxylic acids is 1. The summed E-state index contributed by atoms with van der Waals surface area (Å²) in [5.74, 6) is 1.36. The van der Waals surface area contributed by atoms with Crippen LogP contribution in [0.4, 0.5) is 0 Å². The second-order valence-corrected chi connectivity index (χ2v) is 5.32. The monoisotopic (exact) mass is 329 g/mol. The zero-order valence-corrected chi connectivity index (χ0v) is 12.7. The van der Waals surface area contributed by atoms with Gasteiger partial charge in [0.15, 0.2) is 0 Å². The number of hydrogen-bond donors (Lipinski definition) is 0. The van der Waals surface area contributed by atoms with Crippen LogP contribution in [-0.4, -0.2) is 6.29 Å². The average Bonchev–Trinajstić information content (AvgIpc) is 2.43. The van der Waals surface area contributed by atoms with Gasteiger partial charge in [-0.15, -0.1) is 0 Å². The molecule has 0 radical (unpaired) electrons. The first-order valence-electron chi connectivity index (χ1n) is 5.99. The number of rotatable bonds is 3. The molecule has 0 amide bonds. The Bertz CT molecular complexity index is 694. The van der Waals surface area contributed by atoms with Gasteiger partial charge in [0, 0.05) is 5.56 Å². The number of carbonyl (C=O) groups is 1. The SMILES string of the molecule is Cc1cc(C#N)cc(C)c1Oc1ccc(C=O)cc1Br. The topological polar surface area (TPSA) is 50.1 Å². The lowest BCUT2D eigenvalue weighted by Crippen LogP contribution is -1.94. The van der Waals surface area contributed by atoms with Crippen LogP contribution >= 0.6 is 15.9 Å². The molecule has 2 aromatic carbocycles. The molecule has 20 heavy (non-hydrogen) atoms. The number of benzene rings is 2. The number of halogens is 1. The van der Waals surface area contributed by atoms with Crippen LogP contribution in [-0.2, 0) is 0 Å². The van der Waals surface area contributed by atoms with Gasteiger partial charge in [-0.3, -0.25) is 4.79 Å². The molecule has 0 aliphatic carbocycles. The van der Waals surface area contributed by atoms with Crippen molar-refractivity contribution in [3.8, 4) is 17.6 Å². The summed E-state index contributed by atoms with van der Waals surface area (Å²) in [6.07, 6.45) is 0.784. The number of hydrogen-bond acceptors (Lipinski definition) is 3. The van der Waals surface area contributed by atoms with E-state index in [9.17, 15) is 4.79 Å². The third kappa shape index (κ3) is 2.89. The molecule has 0 fully saturated rings. The van der Waals surface area contributed by atoms with Gasteiger partial charge in [-0.25, -0.2) is 0 Å². The van der Waals surface area contributed by atoms with Crippen molar-refractivity contribution in [2.45, 2.75) is 13.8 Å². The smallest absolute Gasteiger partial charge is 0.150 e. The fourth-order valence-corrected chi connectivity index (χ4v) is 2.44. The summed E-state index contributed by atoms with van der Waals surface area (Å²) in [4.78, 5) is 10.7. The predicted molar refractivity (Wildman–Crippen MR) is 80.2 cm³/mol. The van der Waals surface area contributed by atoms with Crippen molar-refractivity contribution >= 4 is 22.2 Å². The van der Waals surface area contributed by atoms with Gasteiger partial charge in [0.25, 0.3) is 0 Å². The van der Waals surface area contributed by atoms with E-state index >= 15 is 0 Å². The molecule has 0 heterocycles. The highest BCUT2D eigenvalue weighted by Crippen LogP contribution is 2.34. The second kappa shape index (κ2) is 5.89. The van der Waals surface area contributed by atoms with Gasteiger partial charge in [-0.05, 0) is 71.2 Å². The average molecular weight is 330 g/mol. The Morgan fingerprint density at radius 3 is 2.35 bits per heavy atom. The third-order valence-electron chi connectivity index (χ3n) is 2.89. The van der Waals surface area contributed by atoms with Crippen LogP contribution in [0.15, 0.2) is 34.8 Å². The molecule has 3 nitrogen and oxygen atoms in total. The molecule has 0 saturated heterocycles. The van der Waals surface area contributed by atoms with Crippen molar-refractivity contribution in [1.82, 2.24) is 0 Å². The molecule has 0 N–H and O–H groups in total. The maximum absolute atomic E-state index is 10.7. The molecular formula is C16H12BrNO2. The van der Waals surface area contributed by atoms with Crippen LogP contribution in [0.1, 0.15) is 27.0 Å². The van der Waals surface area contributed by atoms with Crippen LogP contribution in [0.2, 0.25) is 0 Å². The molecular weight excluding hydrogens is 318 g/mol. The van der Waals surface area contributed by atoms with Gasteiger partial charge in [-0.1, -0.05) is 0 Å². The Balaban J connectivity index is 2.40. The molecule has 100 valence electrons. The maximum Gasteiger partial charge on any atom is 0.150 e. The molecule has 0 saturated carbocycles. The van der Waals surface area contributed by atoms with Gasteiger partial charge >= 0.3 is 0 Å². The summed E-state index contributed by atoms with van der Waals surface area (Å²) in [5, 5.41) is 8.94. The van der Waals surface area contributed by atoms with Crippen molar-refractivity contribution < 1.29 is 9.53 Å². The van der Waals surface area contributed by atoms with E-state index in [1.807, 2.05) is 13.8 Å². The highest BCUT2D eigenvalue weighted by atomic mass is 79.9. The van der Waals surface area contributed by atoms with E-state index < -0.39 is 0 Å². The number of nitriles is 1. The van der Waals surface area contributed by atoms with Gasteiger partial charge in [0.1, 0.15) is 17.8 Å². The Hall–Kier alpha value is -2.12. The number of aldehydes is 1. The largest absolute Gasteiger partial charge is 0.456 e. The van der Waals surface area contributed by atoms with Crippen LogP contribution < -0.4 is 4.74 Å². The highest BCUT2D eigenvalue weighted by Gasteiger charge is 2.10. The minimum atomic E-state index is 0.581. The first-order chi connectivity index (χ1) is 9.55. The van der Waals surface area contributed by atoms with E-state index in [-0.39, 0.29) is 0 Å². The van der Waals surface area contributed by atoms with Gasteiger partial charge in [0.2, 0.25) is 0 Å². The molecule has 0 aliphatic heterocycles. The molecule has 2 rings (SSSR count). The van der Waals surface area contributed by atoms with Crippen LogP contribution in [0.3, 0.4) is 0 Å². The molecule has 0 aliphatic rings. The summed E-state index contributed by atoms with van der Waals surface area (Å²) in [6.45, 7) is 3.80. The van der Waals surface area contributed by atoms with Crippen molar-refractivity contribution in [2.24, 2.45) is 0 Å². The summed E-state index contributed by atoms with van der Waals surface area (Å²) in [5.41, 5.74) is 2.99. The van der Waals surface area contributed by atoms with E-state index in [0.717, 1.165) is 23.2 Å². The van der Waals surface area contributed by atoms with Crippen molar-refractivity contribution in [2.75, 3.05) is 0 Å². The molecule has 2 aromatic rings. The van der Waals surface area contributed by atoms with Crippen LogP contribution in [0.5, 0.6) is 11.5 Å². The Morgan fingerprint density at radius 2 is 1.85 bits per heavy atom. The lowest BCUT2D eigenvalue weighted by atomic mass is 10.1. The Morgan fingerprint density at radius 1 is 1.20 bits per heavy atom. The zero-order chi connectivity index (χ0) is 14.7. The Labute approximate surface area is 125 Å². The normalized spacial score (nSPS) is 9.90. The van der Waals surface area contributed by atoms with E-state index in [1.54, 1.807) is 30.3 Å². The van der Waals surface area contributed by atoms with Crippen molar-refractivity contribution in [1.29, 1.82) is 5.26 Å². The molecule has 0 spiro atoms. The molecule has 0 unspecified atom stereocenters. The van der Waals surface area contributed by atoms with Crippen molar-refractivity contribution in [3.05, 3.63) is 57.1 Å². The maximum atomic E-state index is 10.7. The van der Waals surface area contributed by atoms with Crippen molar-refractivity contribution in [3.63, 3.8) is 0 Å². The van der Waals surface area contributed by atoms with Gasteiger partial charge in [-0.2, -0.15) is 5.26 Å². The summed E-state index contributed by atoms with van der Waals surface area (Å²) >= 11 is 3.39. The lowest BCUT2D eigenvalue weighted by Gasteiger charge is -2.13. The van der Waals surface area contributed by atoms with Crippen LogP contribution in [0.25, 0.3) is 0 Å². The molecule has 0 aromatic heterocycles. The first-order valence-corrected chi connectivity index (χ1v) is 6.78. The highest BCUT2D eigenvalue weighted by molar-refractivity contribution is 9.10. The van der Waals surface area contributed by atoms with E-state index in [0.29, 0.717) is 21.3 Å². The zero-order valence-electron chi connectivity index (χ0n) is 11.1. The summed E-state index contributed by atoms with van der Waals surface area (Å²) in [6, 6.07) is 10.8. The van der Waals surface area contributed by atoms with E-state index in [1.165, 1.54) is 0 Å². The summed E-state index contributed by atoms with van der Waals surface area (Å²) < 4.78 is 6.61. The number of ether oxygens (including phenoxy) is 1. The first kappa shape index (κ1) is 14.3. The summed E-state index contributed by atoms with van der Waals surface area (Å²) in [7, 11) is 0. The fourth-order valence-electron chi connectivity index (χ4n) is 1.96. The standard InChI is InChI=1S/C16H12BrNO2/c1-10-5-13(8-18)6-11(2)16(10)20-15-4-3-12(9-19)7-14(15)17/h3-7,9H,1-2H3. The fraction of sp³-hybridized carbons (Fsp3) is 0.125. The third-order valence-corrected chi connectivity index (χ3v) is 3.51. The minimum Gasteiger partial charge on any atom is -0.456 e. The lowest BCUT2D eigenvalue weighted by molar-refractivity contribution is 0.112. The molecule has 0 atom stereocenters. The quantitative estimate of drug-likeness (QED) is 0.776. The predicted octanol–water partition coefficient (Wildman–Crippen LogP) is 4.54. The van der Waals surface area contributed by atoms with Gasteiger partial charge < -0.3 is 4.74 Å². The second-order valence-electron chi connectivity index (χ2n) is 4.46. The van der Waals surface area contributed by atoms with E-state index in [2.05, 4.69) is 22.0 Å². The van der Waals surface area contributed by atoms with Crippen LogP contribution in [0, 0.1) is 25.2 Å².